The SMILES string of the molecule is O=C(CCc1nc(-c2cccc3ccccc23)no1)Nc1ccc2c(c1)OCCO2. The fourth-order valence-electron chi connectivity index (χ4n) is 3.45. The quantitative estimate of drug-likeness (QED) is 0.538. The van der Waals surface area contributed by atoms with Crippen molar-refractivity contribution < 1.29 is 18.8 Å². The van der Waals surface area contributed by atoms with Gasteiger partial charge in [0.25, 0.3) is 0 Å². The van der Waals surface area contributed by atoms with Crippen molar-refractivity contribution in [3.63, 3.8) is 0 Å². The molecule has 1 aliphatic heterocycles. The first-order valence-corrected chi connectivity index (χ1v) is 9.76. The van der Waals surface area contributed by atoms with Gasteiger partial charge in [0.2, 0.25) is 17.6 Å². The number of hydrogen-bond donors (Lipinski definition) is 1. The highest BCUT2D eigenvalue weighted by Crippen LogP contribution is 2.32. The molecule has 0 fully saturated rings. The fraction of sp³-hybridized carbons (Fsp3) is 0.174. The zero-order valence-electron chi connectivity index (χ0n) is 16.1. The average Bonchev–Trinajstić information content (AvgIpc) is 3.26. The van der Waals surface area contributed by atoms with E-state index in [4.69, 9.17) is 14.0 Å². The number of benzene rings is 3. The highest BCUT2D eigenvalue weighted by atomic mass is 16.6. The first kappa shape index (κ1) is 18.2. The second-order valence-corrected chi connectivity index (χ2v) is 6.95. The van der Waals surface area contributed by atoms with E-state index >= 15 is 0 Å². The number of ether oxygens (including phenoxy) is 2. The van der Waals surface area contributed by atoms with Gasteiger partial charge >= 0.3 is 0 Å². The molecule has 7 nitrogen and oxygen atoms in total. The number of anilines is 1. The first-order chi connectivity index (χ1) is 14.8. The van der Waals surface area contributed by atoms with E-state index in [2.05, 4.69) is 15.5 Å². The van der Waals surface area contributed by atoms with Crippen LogP contribution in [0, 0.1) is 0 Å². The Bertz CT molecular complexity index is 1210. The van der Waals surface area contributed by atoms with Gasteiger partial charge in [-0.1, -0.05) is 47.6 Å². The fourth-order valence-corrected chi connectivity index (χ4v) is 3.45. The Kier molecular flexibility index (Phi) is 4.77. The van der Waals surface area contributed by atoms with Crippen LogP contribution in [0.1, 0.15) is 12.3 Å². The van der Waals surface area contributed by atoms with Gasteiger partial charge in [-0.25, -0.2) is 0 Å². The Morgan fingerprint density at radius 2 is 1.80 bits per heavy atom. The highest BCUT2D eigenvalue weighted by Gasteiger charge is 2.15. The molecule has 3 aromatic carbocycles. The van der Waals surface area contributed by atoms with E-state index in [1.807, 2.05) is 42.5 Å². The van der Waals surface area contributed by atoms with Gasteiger partial charge in [-0.3, -0.25) is 4.79 Å². The zero-order valence-corrected chi connectivity index (χ0v) is 16.1. The molecule has 1 amide bonds. The van der Waals surface area contributed by atoms with E-state index in [1.165, 1.54) is 0 Å². The van der Waals surface area contributed by atoms with E-state index in [9.17, 15) is 4.79 Å². The smallest absolute Gasteiger partial charge is 0.227 e. The number of aromatic nitrogens is 2. The molecule has 0 aliphatic carbocycles. The van der Waals surface area contributed by atoms with E-state index < -0.39 is 0 Å². The van der Waals surface area contributed by atoms with Crippen molar-refractivity contribution in [1.29, 1.82) is 0 Å². The summed E-state index contributed by atoms with van der Waals surface area (Å²) in [4.78, 5) is 16.8. The summed E-state index contributed by atoms with van der Waals surface area (Å²) in [7, 11) is 0. The molecule has 1 aliphatic rings. The summed E-state index contributed by atoms with van der Waals surface area (Å²) >= 11 is 0. The van der Waals surface area contributed by atoms with Crippen LogP contribution in [0.3, 0.4) is 0 Å². The number of nitrogens with one attached hydrogen (secondary N) is 1. The van der Waals surface area contributed by atoms with Crippen LogP contribution >= 0.6 is 0 Å². The summed E-state index contributed by atoms with van der Waals surface area (Å²) in [5.41, 5.74) is 1.56. The third-order valence-corrected chi connectivity index (χ3v) is 4.89. The van der Waals surface area contributed by atoms with Crippen LogP contribution in [0.5, 0.6) is 11.5 Å². The van der Waals surface area contributed by atoms with Crippen molar-refractivity contribution in [2.45, 2.75) is 12.8 Å². The molecule has 7 heteroatoms. The number of nitrogens with zero attached hydrogens (tertiary/aromatic N) is 2. The summed E-state index contributed by atoms with van der Waals surface area (Å²) in [6.07, 6.45) is 0.583. The molecule has 0 atom stereocenters. The molecule has 0 saturated heterocycles. The molecule has 0 saturated carbocycles. The first-order valence-electron chi connectivity index (χ1n) is 9.76. The lowest BCUT2D eigenvalue weighted by Gasteiger charge is -2.18. The summed E-state index contributed by atoms with van der Waals surface area (Å²) in [6.45, 7) is 1.03. The number of aryl methyl sites for hydroxylation is 1. The lowest BCUT2D eigenvalue weighted by Crippen LogP contribution is -2.16. The number of hydrogen-bond acceptors (Lipinski definition) is 6. The second kappa shape index (κ2) is 7.87. The zero-order chi connectivity index (χ0) is 20.3. The highest BCUT2D eigenvalue weighted by molar-refractivity contribution is 5.95. The number of carbonyl (C=O) groups is 1. The van der Waals surface area contributed by atoms with Crippen molar-refractivity contribution in [1.82, 2.24) is 10.1 Å². The predicted octanol–water partition coefficient (Wildman–Crippen LogP) is 4.23. The normalized spacial score (nSPS) is 12.7. The maximum Gasteiger partial charge on any atom is 0.227 e. The van der Waals surface area contributed by atoms with Gasteiger partial charge in [0, 0.05) is 30.2 Å². The van der Waals surface area contributed by atoms with E-state index in [-0.39, 0.29) is 12.3 Å². The van der Waals surface area contributed by atoms with Gasteiger partial charge in [-0.05, 0) is 22.9 Å². The maximum absolute atomic E-state index is 12.3. The molecular weight excluding hydrogens is 382 g/mol. The Morgan fingerprint density at radius 1 is 0.967 bits per heavy atom. The van der Waals surface area contributed by atoms with Crippen LogP contribution in [0.15, 0.2) is 65.2 Å². The van der Waals surface area contributed by atoms with Crippen molar-refractivity contribution in [2.24, 2.45) is 0 Å². The lowest BCUT2D eigenvalue weighted by molar-refractivity contribution is -0.116. The largest absolute Gasteiger partial charge is 0.486 e. The third kappa shape index (κ3) is 3.69. The minimum atomic E-state index is -0.142. The molecule has 0 radical (unpaired) electrons. The van der Waals surface area contributed by atoms with Crippen LogP contribution in [0.25, 0.3) is 22.2 Å². The standard InChI is InChI=1S/C23H19N3O4/c27-21(24-16-8-9-19-20(14-16)29-13-12-28-19)10-11-22-25-23(26-30-22)18-7-3-5-15-4-1-2-6-17(15)18/h1-9,14H,10-13H2,(H,24,27). The molecule has 4 aromatic rings. The van der Waals surface area contributed by atoms with E-state index in [0.29, 0.717) is 48.5 Å². The van der Waals surface area contributed by atoms with Gasteiger partial charge in [-0.15, -0.1) is 0 Å². The van der Waals surface area contributed by atoms with Gasteiger partial charge in [-0.2, -0.15) is 4.98 Å². The lowest BCUT2D eigenvalue weighted by atomic mass is 10.0. The Morgan fingerprint density at radius 3 is 2.73 bits per heavy atom. The van der Waals surface area contributed by atoms with Crippen LogP contribution in [-0.2, 0) is 11.2 Å². The van der Waals surface area contributed by atoms with Crippen molar-refractivity contribution in [3.8, 4) is 22.9 Å². The molecule has 0 spiro atoms. The van der Waals surface area contributed by atoms with E-state index in [0.717, 1.165) is 16.3 Å². The summed E-state index contributed by atoms with van der Waals surface area (Å²) in [5, 5.41) is 9.13. The Balaban J connectivity index is 1.24. The average molecular weight is 401 g/mol. The molecule has 0 bridgehead atoms. The molecule has 2 heterocycles. The molecule has 0 unspecified atom stereocenters. The topological polar surface area (TPSA) is 86.5 Å². The second-order valence-electron chi connectivity index (χ2n) is 6.95. The van der Waals surface area contributed by atoms with Crippen molar-refractivity contribution in [3.05, 3.63) is 66.6 Å². The molecular formula is C23H19N3O4. The minimum absolute atomic E-state index is 0.142. The monoisotopic (exact) mass is 401 g/mol. The van der Waals surface area contributed by atoms with Gasteiger partial charge in [0.15, 0.2) is 11.5 Å². The van der Waals surface area contributed by atoms with Crippen LogP contribution in [0.4, 0.5) is 5.69 Å². The van der Waals surface area contributed by atoms with Crippen LogP contribution < -0.4 is 14.8 Å². The maximum atomic E-state index is 12.3. The molecule has 5 rings (SSSR count). The summed E-state index contributed by atoms with van der Waals surface area (Å²) in [5.74, 6) is 2.13. The van der Waals surface area contributed by atoms with Crippen LogP contribution in [-0.4, -0.2) is 29.3 Å². The van der Waals surface area contributed by atoms with Crippen molar-refractivity contribution >= 4 is 22.4 Å². The van der Waals surface area contributed by atoms with Crippen LogP contribution in [0.2, 0.25) is 0 Å². The molecule has 30 heavy (non-hydrogen) atoms. The Hall–Kier alpha value is -3.87. The van der Waals surface area contributed by atoms with Gasteiger partial charge in [0.1, 0.15) is 13.2 Å². The third-order valence-electron chi connectivity index (χ3n) is 4.89. The van der Waals surface area contributed by atoms with Gasteiger partial charge in [0.05, 0.1) is 0 Å². The number of carbonyl (C=O) groups excluding carboxylic acids is 1. The predicted molar refractivity (Wildman–Crippen MR) is 112 cm³/mol. The number of rotatable bonds is 5. The molecule has 1 N–H and O–H groups in total. The van der Waals surface area contributed by atoms with E-state index in [1.54, 1.807) is 18.2 Å². The number of amides is 1. The van der Waals surface area contributed by atoms with Crippen molar-refractivity contribution in [2.75, 3.05) is 18.5 Å². The molecule has 150 valence electrons. The van der Waals surface area contributed by atoms with Gasteiger partial charge < -0.3 is 19.3 Å². The summed E-state index contributed by atoms with van der Waals surface area (Å²) < 4.78 is 16.4. The Labute approximate surface area is 172 Å². The number of fused-ring (bicyclic) bond motifs is 2. The molecule has 1 aromatic heterocycles. The minimum Gasteiger partial charge on any atom is -0.486 e. The summed E-state index contributed by atoms with van der Waals surface area (Å²) in [6, 6.07) is 19.4.